The summed E-state index contributed by atoms with van der Waals surface area (Å²) in [5.41, 5.74) is 0.600. The average molecular weight is 462 g/mol. The quantitative estimate of drug-likeness (QED) is 0.417. The van der Waals surface area contributed by atoms with Crippen molar-refractivity contribution in [3.63, 3.8) is 0 Å². The minimum absolute atomic E-state index is 0.0606. The van der Waals surface area contributed by atoms with E-state index < -0.39 is 0 Å². The lowest BCUT2D eigenvalue weighted by molar-refractivity contribution is 0.104. The van der Waals surface area contributed by atoms with E-state index in [0.29, 0.717) is 19.8 Å². The Morgan fingerprint density at radius 3 is 2.59 bits per heavy atom. The van der Waals surface area contributed by atoms with Gasteiger partial charge in [0.05, 0.1) is 4.88 Å². The first-order valence-electron chi connectivity index (χ1n) is 4.43. The van der Waals surface area contributed by atoms with Gasteiger partial charge >= 0.3 is 0 Å². The van der Waals surface area contributed by atoms with Crippen LogP contribution in [0.1, 0.15) is 15.2 Å². The van der Waals surface area contributed by atoms with Gasteiger partial charge in [-0.15, -0.1) is 11.3 Å². The molecule has 1 nitrogen and oxygen atoms in total. The molecule has 2 rings (SSSR count). The molecule has 0 aliphatic heterocycles. The molecule has 1 aromatic heterocycles. The van der Waals surface area contributed by atoms with Gasteiger partial charge in [-0.1, -0.05) is 23.2 Å². The van der Waals surface area contributed by atoms with Crippen molar-refractivity contribution >= 4 is 78.8 Å². The lowest BCUT2D eigenvalue weighted by Crippen LogP contribution is -2.01. The first-order chi connectivity index (χ1) is 7.99. The van der Waals surface area contributed by atoms with Gasteiger partial charge in [-0.05, 0) is 62.8 Å². The average Bonchev–Trinajstić information content (AvgIpc) is 2.62. The van der Waals surface area contributed by atoms with E-state index >= 15 is 0 Å². The van der Waals surface area contributed by atoms with Crippen molar-refractivity contribution in [1.82, 2.24) is 0 Å². The maximum Gasteiger partial charge on any atom is 0.204 e. The Hall–Kier alpha value is 0.380. The molecular weight excluding hydrogens is 458 g/mol. The molecule has 6 heteroatoms. The molecular formula is C11H4BrCl2IOS. The summed E-state index contributed by atoms with van der Waals surface area (Å²) in [5.74, 6) is -0.0606. The van der Waals surface area contributed by atoms with Crippen molar-refractivity contribution in [2.24, 2.45) is 0 Å². The van der Waals surface area contributed by atoms with Crippen molar-refractivity contribution in [2.45, 2.75) is 0 Å². The molecule has 0 bridgehead atoms. The van der Waals surface area contributed by atoms with E-state index in [4.69, 9.17) is 23.2 Å². The van der Waals surface area contributed by atoms with E-state index in [2.05, 4.69) is 38.5 Å². The number of rotatable bonds is 2. The summed E-state index contributed by atoms with van der Waals surface area (Å²) in [7, 11) is 0. The summed E-state index contributed by atoms with van der Waals surface area (Å²) in [4.78, 5) is 12.9. The number of hydrogen-bond acceptors (Lipinski definition) is 2. The maximum atomic E-state index is 12.3. The van der Waals surface area contributed by atoms with Gasteiger partial charge < -0.3 is 0 Å². The second-order valence-electron chi connectivity index (χ2n) is 3.19. The van der Waals surface area contributed by atoms with Gasteiger partial charge in [-0.25, -0.2) is 0 Å². The predicted octanol–water partition coefficient (Wildman–Crippen LogP) is 5.65. The van der Waals surface area contributed by atoms with Gasteiger partial charge in [0.2, 0.25) is 5.78 Å². The Kier molecular flexibility index (Phi) is 4.52. The van der Waals surface area contributed by atoms with Crippen molar-refractivity contribution in [3.8, 4) is 0 Å². The third-order valence-electron chi connectivity index (χ3n) is 2.04. The van der Waals surface area contributed by atoms with Gasteiger partial charge in [0.15, 0.2) is 0 Å². The van der Waals surface area contributed by atoms with Crippen LogP contribution >= 0.6 is 73.1 Å². The van der Waals surface area contributed by atoms with Crippen LogP contribution in [0.4, 0.5) is 0 Å². The lowest BCUT2D eigenvalue weighted by Gasteiger charge is -2.02. The highest BCUT2D eigenvalue weighted by Gasteiger charge is 2.17. The summed E-state index contributed by atoms with van der Waals surface area (Å²) in [6.45, 7) is 0. The van der Waals surface area contributed by atoms with Crippen LogP contribution in [0.3, 0.4) is 0 Å². The molecule has 88 valence electrons. The van der Waals surface area contributed by atoms with Crippen LogP contribution in [-0.4, -0.2) is 5.78 Å². The van der Waals surface area contributed by atoms with Crippen LogP contribution in [0.2, 0.25) is 9.36 Å². The fraction of sp³-hybridized carbons (Fsp3) is 0. The van der Waals surface area contributed by atoms with E-state index in [0.717, 1.165) is 8.04 Å². The zero-order valence-corrected chi connectivity index (χ0v) is 14.2. The SMILES string of the molecule is O=C(c1cc(Br)c(Cl)s1)c1cc(Cl)ccc1I. The third-order valence-corrected chi connectivity index (χ3v) is 5.69. The normalized spacial score (nSPS) is 10.6. The fourth-order valence-corrected chi connectivity index (χ4v) is 3.67. The monoisotopic (exact) mass is 460 g/mol. The molecule has 0 saturated carbocycles. The Bertz CT molecular complexity index is 578. The highest BCUT2D eigenvalue weighted by Crippen LogP contribution is 2.34. The molecule has 0 radical (unpaired) electrons. The Balaban J connectivity index is 2.47. The molecule has 17 heavy (non-hydrogen) atoms. The highest BCUT2D eigenvalue weighted by molar-refractivity contribution is 14.1. The fourth-order valence-electron chi connectivity index (χ4n) is 1.26. The van der Waals surface area contributed by atoms with Crippen molar-refractivity contribution in [3.05, 3.63) is 52.1 Å². The largest absolute Gasteiger partial charge is 0.288 e. The number of carbonyl (C=O) groups is 1. The topological polar surface area (TPSA) is 17.1 Å². The van der Waals surface area contributed by atoms with E-state index in [1.807, 2.05) is 6.07 Å². The molecule has 0 atom stereocenters. The van der Waals surface area contributed by atoms with E-state index in [1.54, 1.807) is 18.2 Å². The second kappa shape index (κ2) is 5.57. The van der Waals surface area contributed by atoms with E-state index in [-0.39, 0.29) is 5.78 Å². The minimum atomic E-state index is -0.0606. The smallest absolute Gasteiger partial charge is 0.204 e. The first-order valence-corrected chi connectivity index (χ1v) is 7.88. The molecule has 0 aliphatic carbocycles. The lowest BCUT2D eigenvalue weighted by atomic mass is 10.1. The summed E-state index contributed by atoms with van der Waals surface area (Å²) in [6, 6.07) is 6.98. The number of carbonyl (C=O) groups excluding carboxylic acids is 1. The van der Waals surface area contributed by atoms with Crippen LogP contribution < -0.4 is 0 Å². The molecule has 0 unspecified atom stereocenters. The molecule has 0 spiro atoms. The Labute approximate surface area is 134 Å². The van der Waals surface area contributed by atoms with Crippen molar-refractivity contribution in [2.75, 3.05) is 0 Å². The second-order valence-corrected chi connectivity index (χ2v) is 7.29. The van der Waals surface area contributed by atoms with Crippen LogP contribution in [-0.2, 0) is 0 Å². The summed E-state index contributed by atoms with van der Waals surface area (Å²) < 4.78 is 2.19. The summed E-state index contributed by atoms with van der Waals surface area (Å²) >= 11 is 18.5. The van der Waals surface area contributed by atoms with Gasteiger partial charge in [-0.3, -0.25) is 4.79 Å². The number of hydrogen-bond donors (Lipinski definition) is 0. The zero-order chi connectivity index (χ0) is 12.6. The summed E-state index contributed by atoms with van der Waals surface area (Å²) in [5, 5.41) is 0.551. The molecule has 2 aromatic rings. The molecule has 0 aliphatic rings. The molecule has 0 amide bonds. The van der Waals surface area contributed by atoms with Gasteiger partial charge in [0.25, 0.3) is 0 Å². The zero-order valence-electron chi connectivity index (χ0n) is 8.14. The third kappa shape index (κ3) is 3.04. The number of ketones is 1. The summed E-state index contributed by atoms with van der Waals surface area (Å²) in [6.07, 6.45) is 0. The Morgan fingerprint density at radius 1 is 1.29 bits per heavy atom. The number of benzene rings is 1. The number of halogens is 4. The maximum absolute atomic E-state index is 12.3. The molecule has 0 fully saturated rings. The minimum Gasteiger partial charge on any atom is -0.288 e. The van der Waals surface area contributed by atoms with E-state index in [9.17, 15) is 4.79 Å². The predicted molar refractivity (Wildman–Crippen MR) is 84.6 cm³/mol. The molecule has 0 saturated heterocycles. The van der Waals surface area contributed by atoms with Crippen LogP contribution in [0.5, 0.6) is 0 Å². The highest BCUT2D eigenvalue weighted by atomic mass is 127. The van der Waals surface area contributed by atoms with Gasteiger partial charge in [0, 0.05) is 18.6 Å². The Morgan fingerprint density at radius 2 is 2.00 bits per heavy atom. The van der Waals surface area contributed by atoms with Crippen LogP contribution in [0.15, 0.2) is 28.7 Å². The molecule has 1 heterocycles. The van der Waals surface area contributed by atoms with Crippen molar-refractivity contribution in [1.29, 1.82) is 0 Å². The van der Waals surface area contributed by atoms with Gasteiger partial charge in [-0.2, -0.15) is 0 Å². The van der Waals surface area contributed by atoms with Gasteiger partial charge in [0.1, 0.15) is 4.34 Å². The van der Waals surface area contributed by atoms with E-state index in [1.165, 1.54) is 11.3 Å². The standard InChI is InChI=1S/C11H4BrCl2IOS/c12-7-4-9(17-11(7)14)10(16)6-3-5(13)1-2-8(6)15/h1-4H. The molecule has 1 aromatic carbocycles. The number of thiophene rings is 1. The molecule has 0 N–H and O–H groups in total. The van der Waals surface area contributed by atoms with Crippen LogP contribution in [0.25, 0.3) is 0 Å². The first kappa shape index (κ1) is 13.8. The van der Waals surface area contributed by atoms with Crippen molar-refractivity contribution < 1.29 is 4.79 Å². The van der Waals surface area contributed by atoms with Crippen LogP contribution in [0, 0.1) is 3.57 Å².